The smallest absolute Gasteiger partial charge is 0.256 e. The molecule has 1 fully saturated rings. The van der Waals surface area contributed by atoms with Gasteiger partial charge in [0.05, 0.1) is 17.0 Å². The molecule has 1 aromatic heterocycles. The Hall–Kier alpha value is -2.19. The van der Waals surface area contributed by atoms with Crippen LogP contribution in [0.15, 0.2) is 42.7 Å². The molecule has 0 unspecified atom stereocenters. The van der Waals surface area contributed by atoms with E-state index >= 15 is 0 Å². The summed E-state index contributed by atoms with van der Waals surface area (Å²) in [5, 5.41) is 4.22. The van der Waals surface area contributed by atoms with Crippen LogP contribution >= 0.6 is 0 Å². The van der Waals surface area contributed by atoms with Crippen LogP contribution in [0.1, 0.15) is 30.1 Å². The normalized spacial score (nSPS) is 16.4. The number of hydrogen-bond donors (Lipinski definition) is 0. The van der Waals surface area contributed by atoms with Crippen LogP contribution in [-0.2, 0) is 10.0 Å². The van der Waals surface area contributed by atoms with Crippen molar-refractivity contribution in [3.05, 3.63) is 48.3 Å². The molecular formula is C18H24N4O3S. The second kappa shape index (κ2) is 8.01. The third-order valence-corrected chi connectivity index (χ3v) is 6.56. The fraction of sp³-hybridized carbons (Fsp3) is 0.444. The van der Waals surface area contributed by atoms with E-state index in [-0.39, 0.29) is 11.7 Å². The number of carbonyl (C=O) groups excluding carboxylic acids is 1. The molecule has 140 valence electrons. The predicted molar refractivity (Wildman–Crippen MR) is 99.7 cm³/mol. The average Bonchev–Trinajstić information content (AvgIpc) is 3.04. The minimum absolute atomic E-state index is 0.0918. The van der Waals surface area contributed by atoms with E-state index in [0.29, 0.717) is 44.6 Å². The second-order valence-corrected chi connectivity index (χ2v) is 8.42. The topological polar surface area (TPSA) is 75.5 Å². The van der Waals surface area contributed by atoms with Crippen LogP contribution in [-0.4, -0.2) is 65.2 Å². The molecule has 0 saturated carbocycles. The fourth-order valence-electron chi connectivity index (χ4n) is 3.20. The molecule has 3 rings (SSSR count). The number of rotatable bonds is 5. The molecule has 0 N–H and O–H groups in total. The second-order valence-electron chi connectivity index (χ2n) is 6.33. The Morgan fingerprint density at radius 1 is 1.12 bits per heavy atom. The van der Waals surface area contributed by atoms with E-state index in [0.717, 1.165) is 5.69 Å². The Balaban J connectivity index is 1.78. The van der Waals surface area contributed by atoms with Gasteiger partial charge in [-0.15, -0.1) is 0 Å². The molecule has 1 aromatic carbocycles. The Labute approximate surface area is 154 Å². The first kappa shape index (κ1) is 18.6. The third kappa shape index (κ3) is 3.96. The maximum atomic E-state index is 13.1. The zero-order valence-corrected chi connectivity index (χ0v) is 15.7. The lowest BCUT2D eigenvalue weighted by molar-refractivity contribution is 0.0764. The maximum Gasteiger partial charge on any atom is 0.256 e. The van der Waals surface area contributed by atoms with Gasteiger partial charge in [-0.2, -0.15) is 5.10 Å². The van der Waals surface area contributed by atoms with Crippen LogP contribution in [0, 0.1) is 0 Å². The minimum Gasteiger partial charge on any atom is -0.337 e. The van der Waals surface area contributed by atoms with E-state index in [1.54, 1.807) is 28.0 Å². The van der Waals surface area contributed by atoms with E-state index < -0.39 is 10.0 Å². The molecule has 8 heteroatoms. The SMILES string of the molecule is CCCS(=O)(=O)N1CCCN(C(=O)c2ccccc2-n2cccn2)CC1. The monoisotopic (exact) mass is 376 g/mol. The third-order valence-electron chi connectivity index (χ3n) is 4.48. The summed E-state index contributed by atoms with van der Waals surface area (Å²) in [4.78, 5) is 14.8. The molecule has 26 heavy (non-hydrogen) atoms. The number of amides is 1. The zero-order chi connectivity index (χ0) is 18.6. The highest BCUT2D eigenvalue weighted by molar-refractivity contribution is 7.89. The lowest BCUT2D eigenvalue weighted by atomic mass is 10.1. The maximum absolute atomic E-state index is 13.1. The van der Waals surface area contributed by atoms with Crippen molar-refractivity contribution in [3.8, 4) is 5.69 Å². The molecule has 0 bridgehead atoms. The van der Waals surface area contributed by atoms with Crippen molar-refractivity contribution in [1.82, 2.24) is 19.0 Å². The summed E-state index contributed by atoms with van der Waals surface area (Å²) in [6.07, 6.45) is 4.70. The number of nitrogens with zero attached hydrogens (tertiary/aromatic N) is 4. The lowest BCUT2D eigenvalue weighted by Crippen LogP contribution is -2.38. The first-order chi connectivity index (χ1) is 12.5. The molecule has 0 atom stereocenters. The van der Waals surface area contributed by atoms with E-state index in [2.05, 4.69) is 5.10 Å². The fourth-order valence-corrected chi connectivity index (χ4v) is 4.74. The Bertz CT molecular complexity index is 849. The first-order valence-corrected chi connectivity index (χ1v) is 10.5. The van der Waals surface area contributed by atoms with Gasteiger partial charge in [-0.3, -0.25) is 4.79 Å². The van der Waals surface area contributed by atoms with E-state index in [1.807, 2.05) is 31.2 Å². The molecular weight excluding hydrogens is 352 g/mol. The molecule has 2 aromatic rings. The molecule has 7 nitrogen and oxygen atoms in total. The van der Waals surface area contributed by atoms with E-state index in [4.69, 9.17) is 0 Å². The number of hydrogen-bond acceptors (Lipinski definition) is 4. The molecule has 0 spiro atoms. The molecule has 1 aliphatic rings. The van der Waals surface area contributed by atoms with Crippen LogP contribution in [0.5, 0.6) is 0 Å². The van der Waals surface area contributed by atoms with Gasteiger partial charge in [0.25, 0.3) is 5.91 Å². The summed E-state index contributed by atoms with van der Waals surface area (Å²) < 4.78 is 27.8. The average molecular weight is 376 g/mol. The number of benzene rings is 1. The van der Waals surface area contributed by atoms with Crippen LogP contribution in [0.4, 0.5) is 0 Å². The Morgan fingerprint density at radius 3 is 2.65 bits per heavy atom. The Morgan fingerprint density at radius 2 is 1.92 bits per heavy atom. The molecule has 1 aliphatic heterocycles. The summed E-state index contributed by atoms with van der Waals surface area (Å²) in [6, 6.07) is 9.15. The van der Waals surface area contributed by atoms with Gasteiger partial charge in [-0.1, -0.05) is 19.1 Å². The predicted octanol–water partition coefficient (Wildman–Crippen LogP) is 1.76. The summed E-state index contributed by atoms with van der Waals surface area (Å²) in [7, 11) is -3.23. The van der Waals surface area contributed by atoms with Gasteiger partial charge in [0, 0.05) is 38.6 Å². The number of carbonyl (C=O) groups is 1. The summed E-state index contributed by atoms with van der Waals surface area (Å²) in [5.41, 5.74) is 1.29. The Kier molecular flexibility index (Phi) is 5.73. The van der Waals surface area contributed by atoms with Crippen molar-refractivity contribution < 1.29 is 13.2 Å². The van der Waals surface area contributed by atoms with Crippen LogP contribution in [0.2, 0.25) is 0 Å². The van der Waals surface area contributed by atoms with Crippen molar-refractivity contribution in [1.29, 1.82) is 0 Å². The van der Waals surface area contributed by atoms with Crippen molar-refractivity contribution in [2.45, 2.75) is 19.8 Å². The summed E-state index contributed by atoms with van der Waals surface area (Å²) >= 11 is 0. The van der Waals surface area contributed by atoms with Gasteiger partial charge in [-0.05, 0) is 31.0 Å². The van der Waals surface area contributed by atoms with Crippen molar-refractivity contribution >= 4 is 15.9 Å². The van der Waals surface area contributed by atoms with Gasteiger partial charge in [-0.25, -0.2) is 17.4 Å². The summed E-state index contributed by atoms with van der Waals surface area (Å²) in [5.74, 6) is 0.0640. The van der Waals surface area contributed by atoms with Crippen LogP contribution in [0.3, 0.4) is 0 Å². The van der Waals surface area contributed by atoms with Gasteiger partial charge in [0.2, 0.25) is 10.0 Å². The van der Waals surface area contributed by atoms with Gasteiger partial charge in [0.1, 0.15) is 0 Å². The number of para-hydroxylation sites is 1. The molecule has 0 radical (unpaired) electrons. The highest BCUT2D eigenvalue weighted by Gasteiger charge is 2.27. The lowest BCUT2D eigenvalue weighted by Gasteiger charge is -2.22. The van der Waals surface area contributed by atoms with Crippen LogP contribution in [0.25, 0.3) is 5.69 Å². The zero-order valence-electron chi connectivity index (χ0n) is 14.9. The number of aromatic nitrogens is 2. The highest BCUT2D eigenvalue weighted by atomic mass is 32.2. The molecule has 0 aliphatic carbocycles. The quantitative estimate of drug-likeness (QED) is 0.797. The molecule has 2 heterocycles. The van der Waals surface area contributed by atoms with Gasteiger partial charge < -0.3 is 4.90 Å². The van der Waals surface area contributed by atoms with E-state index in [9.17, 15) is 13.2 Å². The van der Waals surface area contributed by atoms with Gasteiger partial charge in [0.15, 0.2) is 0 Å². The van der Waals surface area contributed by atoms with Crippen molar-refractivity contribution in [2.24, 2.45) is 0 Å². The molecule has 1 amide bonds. The first-order valence-electron chi connectivity index (χ1n) is 8.89. The van der Waals surface area contributed by atoms with Gasteiger partial charge >= 0.3 is 0 Å². The number of sulfonamides is 1. The van der Waals surface area contributed by atoms with Crippen LogP contribution < -0.4 is 0 Å². The van der Waals surface area contributed by atoms with Crippen molar-refractivity contribution in [2.75, 3.05) is 31.9 Å². The summed E-state index contributed by atoms with van der Waals surface area (Å²) in [6.45, 7) is 3.61. The minimum atomic E-state index is -3.23. The standard InChI is InChI=1S/C18H24N4O3S/c1-2-15-26(24,25)21-11-6-10-20(13-14-21)18(23)16-7-3-4-8-17(16)22-12-5-9-19-22/h3-5,7-9,12H,2,6,10-11,13-15H2,1H3. The molecule has 1 saturated heterocycles. The highest BCUT2D eigenvalue weighted by Crippen LogP contribution is 2.18. The van der Waals surface area contributed by atoms with Crippen molar-refractivity contribution in [3.63, 3.8) is 0 Å². The van der Waals surface area contributed by atoms with E-state index in [1.165, 1.54) is 4.31 Å². The largest absolute Gasteiger partial charge is 0.337 e.